The molecule has 1 fully saturated rings. The Morgan fingerprint density at radius 2 is 2.00 bits per heavy atom. The molecule has 6 nitrogen and oxygen atoms in total. The summed E-state index contributed by atoms with van der Waals surface area (Å²) in [4.78, 5) is 23.9. The molecule has 0 bridgehead atoms. The van der Waals surface area contributed by atoms with Crippen LogP contribution in [0.1, 0.15) is 37.7 Å². The van der Waals surface area contributed by atoms with Crippen molar-refractivity contribution in [1.29, 1.82) is 0 Å². The van der Waals surface area contributed by atoms with Crippen molar-refractivity contribution in [2.75, 3.05) is 6.54 Å². The number of carboxylic acid groups (broad SMARTS) is 1. The van der Waals surface area contributed by atoms with Gasteiger partial charge in [-0.2, -0.15) is 0 Å². The second-order valence-electron chi connectivity index (χ2n) is 6.48. The number of amides is 1. The zero-order valence-electron chi connectivity index (χ0n) is 14.2. The van der Waals surface area contributed by atoms with Crippen LogP contribution in [-0.4, -0.2) is 35.6 Å². The maximum atomic E-state index is 12.6. The highest BCUT2D eigenvalue weighted by Gasteiger charge is 2.34. The van der Waals surface area contributed by atoms with Crippen LogP contribution in [0.4, 0.5) is 0 Å². The van der Waals surface area contributed by atoms with Crippen LogP contribution in [0.5, 0.6) is 0 Å². The molecule has 0 heterocycles. The maximum Gasteiger partial charge on any atom is 0.308 e. The molecule has 0 radical (unpaired) electrons. The lowest BCUT2D eigenvalue weighted by Gasteiger charge is -2.23. The molecule has 1 aliphatic carbocycles. The smallest absolute Gasteiger partial charge is 0.308 e. The zero-order valence-corrected chi connectivity index (χ0v) is 15.0. The van der Waals surface area contributed by atoms with Crippen LogP contribution in [0.3, 0.4) is 0 Å². The number of nitrogens with one attached hydrogen (secondary N) is 2. The Balaban J connectivity index is 1.94. The van der Waals surface area contributed by atoms with E-state index in [1.807, 2.05) is 24.3 Å². The van der Waals surface area contributed by atoms with Crippen LogP contribution in [0, 0.1) is 5.92 Å². The molecule has 5 N–H and O–H groups in total. The van der Waals surface area contributed by atoms with E-state index in [0.717, 1.165) is 18.4 Å². The van der Waals surface area contributed by atoms with E-state index in [-0.39, 0.29) is 11.9 Å². The average Bonchev–Trinajstić information content (AvgIpc) is 3.04. The summed E-state index contributed by atoms with van der Waals surface area (Å²) in [6, 6.07) is 6.75. The van der Waals surface area contributed by atoms with Gasteiger partial charge >= 0.3 is 5.97 Å². The van der Waals surface area contributed by atoms with Gasteiger partial charge in [-0.3, -0.25) is 9.59 Å². The van der Waals surface area contributed by atoms with Gasteiger partial charge in [-0.05, 0) is 49.9 Å². The Bertz CT molecular complexity index is 579. The molecule has 0 aromatic heterocycles. The van der Waals surface area contributed by atoms with E-state index in [2.05, 4.69) is 10.6 Å². The van der Waals surface area contributed by atoms with Gasteiger partial charge in [0, 0.05) is 17.6 Å². The summed E-state index contributed by atoms with van der Waals surface area (Å²) in [5.74, 6) is -1.48. The first kappa shape index (κ1) is 19.7. The highest BCUT2D eigenvalue weighted by atomic mass is 35.5. The van der Waals surface area contributed by atoms with Gasteiger partial charge in [0.15, 0.2) is 0 Å². The molecule has 3 atom stereocenters. The molecule has 1 aliphatic rings. The minimum absolute atomic E-state index is 0.152. The maximum absolute atomic E-state index is 12.6. The normalized spacial score (nSPS) is 21.0. The molecule has 1 aromatic rings. The molecule has 2 rings (SSSR count). The molecule has 1 saturated carbocycles. The van der Waals surface area contributed by atoms with Gasteiger partial charge < -0.3 is 21.5 Å². The minimum Gasteiger partial charge on any atom is -0.481 e. The highest BCUT2D eigenvalue weighted by Crippen LogP contribution is 2.26. The fourth-order valence-electron chi connectivity index (χ4n) is 3.20. The van der Waals surface area contributed by atoms with Crippen molar-refractivity contribution >= 4 is 23.5 Å². The third-order valence-corrected chi connectivity index (χ3v) is 4.89. The van der Waals surface area contributed by atoms with E-state index in [4.69, 9.17) is 17.3 Å². The van der Waals surface area contributed by atoms with Gasteiger partial charge in [0.2, 0.25) is 5.91 Å². The predicted molar refractivity (Wildman–Crippen MR) is 97.3 cm³/mol. The number of carbonyl (C=O) groups excluding carboxylic acids is 1. The number of hydrogen-bond acceptors (Lipinski definition) is 4. The number of nitrogens with two attached hydrogens (primary N) is 1. The number of carboxylic acids is 1. The minimum atomic E-state index is -0.838. The van der Waals surface area contributed by atoms with Crippen molar-refractivity contribution < 1.29 is 14.7 Å². The molecule has 0 aliphatic heterocycles. The molecular formula is C18H26ClN3O3. The largest absolute Gasteiger partial charge is 0.481 e. The van der Waals surface area contributed by atoms with Crippen LogP contribution >= 0.6 is 11.6 Å². The van der Waals surface area contributed by atoms with Crippen LogP contribution in [-0.2, 0) is 16.1 Å². The summed E-state index contributed by atoms with van der Waals surface area (Å²) in [6.07, 6.45) is 3.49. The summed E-state index contributed by atoms with van der Waals surface area (Å²) in [5, 5.41) is 16.1. The fourth-order valence-corrected chi connectivity index (χ4v) is 3.33. The fraction of sp³-hybridized carbons (Fsp3) is 0.556. The van der Waals surface area contributed by atoms with Gasteiger partial charge in [0.05, 0.1) is 12.0 Å². The number of hydrogen-bond donors (Lipinski definition) is 4. The summed E-state index contributed by atoms with van der Waals surface area (Å²) in [7, 11) is 0. The molecule has 1 amide bonds. The van der Waals surface area contributed by atoms with Crippen molar-refractivity contribution in [1.82, 2.24) is 10.6 Å². The van der Waals surface area contributed by atoms with Crippen LogP contribution in [0.2, 0.25) is 5.02 Å². The van der Waals surface area contributed by atoms with Gasteiger partial charge in [0.1, 0.15) is 0 Å². The van der Waals surface area contributed by atoms with Crippen molar-refractivity contribution in [2.24, 2.45) is 11.7 Å². The first-order chi connectivity index (χ1) is 12.0. The molecule has 0 saturated heterocycles. The first-order valence-electron chi connectivity index (χ1n) is 8.72. The molecule has 1 aromatic carbocycles. The van der Waals surface area contributed by atoms with Crippen molar-refractivity contribution in [3.05, 3.63) is 34.9 Å². The molecule has 0 spiro atoms. The summed E-state index contributed by atoms with van der Waals surface area (Å²) in [5.41, 5.74) is 6.60. The Labute approximate surface area is 153 Å². The molecular weight excluding hydrogens is 342 g/mol. The molecule has 7 heteroatoms. The monoisotopic (exact) mass is 367 g/mol. The summed E-state index contributed by atoms with van der Waals surface area (Å²) >= 11 is 5.88. The molecule has 25 heavy (non-hydrogen) atoms. The first-order valence-corrected chi connectivity index (χ1v) is 9.10. The highest BCUT2D eigenvalue weighted by molar-refractivity contribution is 6.30. The lowest BCUT2D eigenvalue weighted by Crippen LogP contribution is -2.49. The third kappa shape index (κ3) is 5.99. The molecule has 138 valence electrons. The zero-order chi connectivity index (χ0) is 18.2. The summed E-state index contributed by atoms with van der Waals surface area (Å²) in [6.45, 7) is 1.04. The van der Waals surface area contributed by atoms with Crippen LogP contribution < -0.4 is 16.4 Å². The second kappa shape index (κ2) is 9.75. The van der Waals surface area contributed by atoms with Gasteiger partial charge in [0.25, 0.3) is 0 Å². The molecule has 0 unspecified atom stereocenters. The van der Waals surface area contributed by atoms with Crippen molar-refractivity contribution in [3.8, 4) is 0 Å². The number of carbonyl (C=O) groups is 2. The lowest BCUT2D eigenvalue weighted by atomic mass is 10.0. The Morgan fingerprint density at radius 3 is 2.64 bits per heavy atom. The average molecular weight is 368 g/mol. The van der Waals surface area contributed by atoms with E-state index < -0.39 is 17.9 Å². The number of rotatable bonds is 9. The SMILES string of the molecule is NCCC[C@H](NCc1ccc(Cl)cc1)C(=O)N[C@H]1CCC[C@H]1C(=O)O. The van der Waals surface area contributed by atoms with E-state index in [0.29, 0.717) is 37.4 Å². The number of aliphatic carboxylic acids is 1. The topological polar surface area (TPSA) is 104 Å². The lowest BCUT2D eigenvalue weighted by molar-refractivity contribution is -0.142. The third-order valence-electron chi connectivity index (χ3n) is 4.64. The predicted octanol–water partition coefficient (Wildman–Crippen LogP) is 1.91. The van der Waals surface area contributed by atoms with Gasteiger partial charge in [-0.25, -0.2) is 0 Å². The van der Waals surface area contributed by atoms with E-state index in [1.165, 1.54) is 0 Å². The van der Waals surface area contributed by atoms with Crippen molar-refractivity contribution in [3.63, 3.8) is 0 Å². The van der Waals surface area contributed by atoms with E-state index >= 15 is 0 Å². The van der Waals surface area contributed by atoms with Crippen LogP contribution in [0.15, 0.2) is 24.3 Å². The Kier molecular flexibility index (Phi) is 7.68. The van der Waals surface area contributed by atoms with E-state index in [1.54, 1.807) is 0 Å². The quantitative estimate of drug-likeness (QED) is 0.533. The number of benzene rings is 1. The van der Waals surface area contributed by atoms with Crippen molar-refractivity contribution in [2.45, 2.75) is 50.7 Å². The second-order valence-corrected chi connectivity index (χ2v) is 6.92. The van der Waals surface area contributed by atoms with Gasteiger partial charge in [-0.15, -0.1) is 0 Å². The number of halogens is 1. The standard InChI is InChI=1S/C18H26ClN3O3/c19-13-8-6-12(7-9-13)11-21-16(5-2-10-20)17(23)22-15-4-1-3-14(15)18(24)25/h6-9,14-16,21H,1-5,10-11,20H2,(H,22,23)(H,24,25)/t14-,15+,16+/m1/s1. The van der Waals surface area contributed by atoms with E-state index in [9.17, 15) is 14.7 Å². The van der Waals surface area contributed by atoms with Crippen LogP contribution in [0.25, 0.3) is 0 Å². The summed E-state index contributed by atoms with van der Waals surface area (Å²) < 4.78 is 0. The Hall–Kier alpha value is -1.63. The van der Waals surface area contributed by atoms with Gasteiger partial charge in [-0.1, -0.05) is 30.2 Å². The Morgan fingerprint density at radius 1 is 1.28 bits per heavy atom.